The Balaban J connectivity index is 2.69. The maximum atomic E-state index is 12.1. The fraction of sp³-hybridized carbons (Fsp3) is 0.500. The van der Waals surface area contributed by atoms with Crippen molar-refractivity contribution >= 4 is 14.1 Å². The van der Waals surface area contributed by atoms with Crippen molar-refractivity contribution in [3.8, 4) is 0 Å². The Labute approximate surface area is 105 Å². The molecule has 2 nitrogen and oxygen atoms in total. The Morgan fingerprint density at radius 2 is 1.71 bits per heavy atom. The molecule has 0 amide bonds. The first kappa shape index (κ1) is 14.1. The molecule has 0 saturated carbocycles. The minimum Gasteiger partial charge on any atom is -0.412 e. The molecule has 0 atom stereocenters. The van der Waals surface area contributed by atoms with Gasteiger partial charge in [0.05, 0.1) is 5.60 Å². The molecule has 0 spiro atoms. The van der Waals surface area contributed by atoms with E-state index in [1.807, 2.05) is 44.2 Å². The zero-order valence-electron chi connectivity index (χ0n) is 11.4. The Kier molecular flexibility index (Phi) is 4.28. The van der Waals surface area contributed by atoms with Crippen LogP contribution in [0.15, 0.2) is 30.3 Å². The lowest BCUT2D eigenvalue weighted by molar-refractivity contribution is 0.0691. The Morgan fingerprint density at radius 1 is 1.18 bits per heavy atom. The van der Waals surface area contributed by atoms with E-state index in [9.17, 15) is 4.79 Å². The van der Waals surface area contributed by atoms with Gasteiger partial charge in [-0.25, -0.2) is 0 Å². The van der Waals surface area contributed by atoms with Gasteiger partial charge in [0, 0.05) is 12.0 Å². The molecule has 0 N–H and O–H groups in total. The molecular formula is C14H22O2Si. The summed E-state index contributed by atoms with van der Waals surface area (Å²) in [5.41, 5.74) is 0.386. The minimum absolute atomic E-state index is 0.147. The second-order valence-corrected chi connectivity index (χ2v) is 10.4. The van der Waals surface area contributed by atoms with Crippen LogP contribution in [0.4, 0.5) is 0 Å². The summed E-state index contributed by atoms with van der Waals surface area (Å²) in [5.74, 6) is 0.147. The molecule has 0 heterocycles. The lowest BCUT2D eigenvalue weighted by atomic mass is 9.98. The first-order valence-electron chi connectivity index (χ1n) is 5.98. The third-order valence-electron chi connectivity index (χ3n) is 2.26. The smallest absolute Gasteiger partial charge is 0.184 e. The third kappa shape index (κ3) is 5.28. The maximum Gasteiger partial charge on any atom is 0.184 e. The topological polar surface area (TPSA) is 26.3 Å². The molecule has 1 aromatic rings. The van der Waals surface area contributed by atoms with Gasteiger partial charge in [0.25, 0.3) is 0 Å². The SMILES string of the molecule is CC(C)(CC(=O)c1ccccc1)O[Si](C)(C)C. The second kappa shape index (κ2) is 5.15. The summed E-state index contributed by atoms with van der Waals surface area (Å²) >= 11 is 0. The van der Waals surface area contributed by atoms with Crippen LogP contribution in [0.5, 0.6) is 0 Å². The fourth-order valence-electron chi connectivity index (χ4n) is 1.98. The molecule has 1 rings (SSSR count). The Bertz CT molecular complexity index is 377. The summed E-state index contributed by atoms with van der Waals surface area (Å²) < 4.78 is 6.04. The lowest BCUT2D eigenvalue weighted by Gasteiger charge is -2.32. The van der Waals surface area contributed by atoms with Gasteiger partial charge in [-0.2, -0.15) is 0 Å². The first-order valence-corrected chi connectivity index (χ1v) is 9.39. The van der Waals surface area contributed by atoms with Gasteiger partial charge in [-0.3, -0.25) is 4.79 Å². The monoisotopic (exact) mass is 250 g/mol. The standard InChI is InChI=1S/C14H22O2Si/c1-14(2,16-17(3,4)5)11-13(15)12-9-7-6-8-10-12/h6-10H,11H2,1-5H3. The molecule has 0 aliphatic heterocycles. The van der Waals surface area contributed by atoms with Crippen molar-refractivity contribution in [1.29, 1.82) is 0 Å². The highest BCUT2D eigenvalue weighted by atomic mass is 28.4. The van der Waals surface area contributed by atoms with E-state index in [1.54, 1.807) is 0 Å². The maximum absolute atomic E-state index is 12.1. The molecule has 3 heteroatoms. The van der Waals surface area contributed by atoms with Crippen LogP contribution in [0.2, 0.25) is 19.6 Å². The van der Waals surface area contributed by atoms with Gasteiger partial charge in [0.15, 0.2) is 14.1 Å². The Morgan fingerprint density at radius 3 is 2.18 bits per heavy atom. The van der Waals surface area contributed by atoms with E-state index in [0.717, 1.165) is 5.56 Å². The van der Waals surface area contributed by atoms with E-state index in [0.29, 0.717) is 6.42 Å². The fourth-order valence-corrected chi connectivity index (χ4v) is 3.71. The van der Waals surface area contributed by atoms with Crippen LogP contribution in [0, 0.1) is 0 Å². The average molecular weight is 250 g/mol. The van der Waals surface area contributed by atoms with Gasteiger partial charge >= 0.3 is 0 Å². The normalized spacial score (nSPS) is 12.5. The largest absolute Gasteiger partial charge is 0.412 e. The molecule has 0 unspecified atom stereocenters. The molecule has 17 heavy (non-hydrogen) atoms. The molecule has 0 aliphatic carbocycles. The molecular weight excluding hydrogens is 228 g/mol. The summed E-state index contributed by atoms with van der Waals surface area (Å²) in [6.45, 7) is 10.4. The van der Waals surface area contributed by atoms with Crippen molar-refractivity contribution in [2.24, 2.45) is 0 Å². The quantitative estimate of drug-likeness (QED) is 0.585. The number of hydrogen-bond acceptors (Lipinski definition) is 2. The number of carbonyl (C=O) groups excluding carboxylic acids is 1. The molecule has 0 fully saturated rings. The van der Waals surface area contributed by atoms with Crippen LogP contribution < -0.4 is 0 Å². The minimum atomic E-state index is -1.61. The highest BCUT2D eigenvalue weighted by Crippen LogP contribution is 2.22. The van der Waals surface area contributed by atoms with Crippen molar-refractivity contribution in [2.45, 2.75) is 45.5 Å². The van der Waals surface area contributed by atoms with Crippen LogP contribution in [0.1, 0.15) is 30.6 Å². The van der Waals surface area contributed by atoms with Gasteiger partial charge in [0.1, 0.15) is 0 Å². The summed E-state index contributed by atoms with van der Waals surface area (Å²) in [6.07, 6.45) is 0.432. The van der Waals surface area contributed by atoms with Crippen molar-refractivity contribution < 1.29 is 9.22 Å². The summed E-state index contributed by atoms with van der Waals surface area (Å²) in [5, 5.41) is 0. The van der Waals surface area contributed by atoms with Crippen molar-refractivity contribution in [2.75, 3.05) is 0 Å². The molecule has 1 aromatic carbocycles. The second-order valence-electron chi connectivity index (χ2n) is 5.94. The number of Topliss-reactive ketones (excluding diaryl/α,β-unsaturated/α-hetero) is 1. The number of carbonyl (C=O) groups is 1. The van der Waals surface area contributed by atoms with E-state index in [1.165, 1.54) is 0 Å². The number of rotatable bonds is 5. The highest BCUT2D eigenvalue weighted by molar-refractivity contribution is 6.69. The van der Waals surface area contributed by atoms with Crippen LogP contribution in [-0.4, -0.2) is 19.7 Å². The summed E-state index contributed by atoms with van der Waals surface area (Å²) in [6, 6.07) is 9.40. The van der Waals surface area contributed by atoms with E-state index < -0.39 is 8.32 Å². The van der Waals surface area contributed by atoms with E-state index in [-0.39, 0.29) is 11.4 Å². The van der Waals surface area contributed by atoms with Crippen molar-refractivity contribution in [3.63, 3.8) is 0 Å². The predicted molar refractivity (Wildman–Crippen MR) is 73.9 cm³/mol. The lowest BCUT2D eigenvalue weighted by Crippen LogP contribution is -2.39. The van der Waals surface area contributed by atoms with Gasteiger partial charge in [-0.1, -0.05) is 30.3 Å². The predicted octanol–water partition coefficient (Wildman–Crippen LogP) is 3.89. The van der Waals surface area contributed by atoms with Gasteiger partial charge in [0.2, 0.25) is 0 Å². The number of ketones is 1. The molecule has 0 aliphatic rings. The van der Waals surface area contributed by atoms with E-state index in [2.05, 4.69) is 19.6 Å². The molecule has 94 valence electrons. The molecule has 0 saturated heterocycles. The Hall–Kier alpha value is -0.933. The summed E-state index contributed by atoms with van der Waals surface area (Å²) in [4.78, 5) is 12.1. The van der Waals surface area contributed by atoms with E-state index >= 15 is 0 Å². The molecule has 0 bridgehead atoms. The number of hydrogen-bond donors (Lipinski definition) is 0. The number of benzene rings is 1. The zero-order valence-corrected chi connectivity index (χ0v) is 12.4. The van der Waals surface area contributed by atoms with Crippen LogP contribution in [-0.2, 0) is 4.43 Å². The highest BCUT2D eigenvalue weighted by Gasteiger charge is 2.29. The van der Waals surface area contributed by atoms with Crippen molar-refractivity contribution in [1.82, 2.24) is 0 Å². The van der Waals surface area contributed by atoms with E-state index in [4.69, 9.17) is 4.43 Å². The summed E-state index contributed by atoms with van der Waals surface area (Å²) in [7, 11) is -1.61. The van der Waals surface area contributed by atoms with Gasteiger partial charge in [-0.15, -0.1) is 0 Å². The van der Waals surface area contributed by atoms with Crippen LogP contribution in [0.25, 0.3) is 0 Å². The van der Waals surface area contributed by atoms with Crippen LogP contribution >= 0.6 is 0 Å². The van der Waals surface area contributed by atoms with Gasteiger partial charge in [-0.05, 0) is 33.5 Å². The van der Waals surface area contributed by atoms with Crippen LogP contribution in [0.3, 0.4) is 0 Å². The third-order valence-corrected chi connectivity index (χ3v) is 3.43. The average Bonchev–Trinajstić information content (AvgIpc) is 2.14. The zero-order chi connectivity index (χ0) is 13.1. The molecule has 0 aromatic heterocycles. The van der Waals surface area contributed by atoms with Gasteiger partial charge < -0.3 is 4.43 Å². The van der Waals surface area contributed by atoms with Crippen molar-refractivity contribution in [3.05, 3.63) is 35.9 Å². The molecule has 0 radical (unpaired) electrons. The first-order chi connectivity index (χ1) is 7.70.